The molecular weight excluding hydrogens is 274 g/mol. The van der Waals surface area contributed by atoms with Crippen LogP contribution in [0.3, 0.4) is 0 Å². The molecular formula is C15H19NO3S. The van der Waals surface area contributed by atoms with Crippen LogP contribution < -0.4 is 4.72 Å². The van der Waals surface area contributed by atoms with E-state index in [2.05, 4.69) is 4.72 Å². The van der Waals surface area contributed by atoms with Gasteiger partial charge in [-0.3, -0.25) is 4.79 Å². The summed E-state index contributed by atoms with van der Waals surface area (Å²) in [6.07, 6.45) is 2.45. The van der Waals surface area contributed by atoms with E-state index >= 15 is 0 Å². The third-order valence-electron chi connectivity index (χ3n) is 4.40. The SMILES string of the molecule is [2H]C1(CNS(=O)(=O)c2ccc(C)cc2)C(=O)C2CCC1C2. The highest BCUT2D eigenvalue weighted by Gasteiger charge is 2.46. The molecule has 5 heteroatoms. The summed E-state index contributed by atoms with van der Waals surface area (Å²) in [5.41, 5.74) is 0.981. The van der Waals surface area contributed by atoms with E-state index in [4.69, 9.17) is 1.37 Å². The lowest BCUT2D eigenvalue weighted by Gasteiger charge is -2.20. The van der Waals surface area contributed by atoms with Crippen LogP contribution >= 0.6 is 0 Å². The van der Waals surface area contributed by atoms with Crippen LogP contribution in [-0.2, 0) is 14.8 Å². The summed E-state index contributed by atoms with van der Waals surface area (Å²) in [5.74, 6) is -1.40. The van der Waals surface area contributed by atoms with Crippen LogP contribution in [0.1, 0.15) is 26.2 Å². The highest BCUT2D eigenvalue weighted by Crippen LogP contribution is 2.45. The van der Waals surface area contributed by atoms with Crippen LogP contribution in [0.5, 0.6) is 0 Å². The minimum absolute atomic E-state index is 0.00396. The van der Waals surface area contributed by atoms with Gasteiger partial charge in [0.1, 0.15) is 5.78 Å². The maximum absolute atomic E-state index is 12.2. The highest BCUT2D eigenvalue weighted by atomic mass is 32.2. The van der Waals surface area contributed by atoms with Gasteiger partial charge >= 0.3 is 0 Å². The van der Waals surface area contributed by atoms with Crippen LogP contribution in [0.2, 0.25) is 0 Å². The molecule has 0 aliphatic heterocycles. The zero-order valence-electron chi connectivity index (χ0n) is 12.4. The molecule has 2 fully saturated rings. The average molecular weight is 294 g/mol. The summed E-state index contributed by atoms with van der Waals surface area (Å²) >= 11 is 0. The smallest absolute Gasteiger partial charge is 0.240 e. The van der Waals surface area contributed by atoms with Crippen molar-refractivity contribution in [1.29, 1.82) is 0 Å². The van der Waals surface area contributed by atoms with Crippen molar-refractivity contribution in [3.05, 3.63) is 29.8 Å². The molecule has 3 atom stereocenters. The zero-order valence-corrected chi connectivity index (χ0v) is 12.2. The van der Waals surface area contributed by atoms with Gasteiger partial charge in [-0.1, -0.05) is 17.7 Å². The molecule has 1 aromatic rings. The summed E-state index contributed by atoms with van der Waals surface area (Å²) < 4.78 is 35.3. The molecule has 3 rings (SSSR count). The Kier molecular flexibility index (Phi) is 3.11. The second-order valence-corrected chi connectivity index (χ2v) is 7.50. The molecule has 0 aromatic heterocycles. The number of aryl methyl sites for hydroxylation is 1. The normalized spacial score (nSPS) is 33.5. The van der Waals surface area contributed by atoms with Crippen molar-refractivity contribution in [3.8, 4) is 0 Å². The van der Waals surface area contributed by atoms with Gasteiger partial charge in [-0.05, 0) is 44.2 Å². The monoisotopic (exact) mass is 294 g/mol. The fraction of sp³-hybridized carbons (Fsp3) is 0.533. The van der Waals surface area contributed by atoms with Crippen molar-refractivity contribution in [3.63, 3.8) is 0 Å². The highest BCUT2D eigenvalue weighted by molar-refractivity contribution is 7.89. The molecule has 4 nitrogen and oxygen atoms in total. The number of carbonyl (C=O) groups excluding carboxylic acids is 1. The van der Waals surface area contributed by atoms with E-state index in [0.717, 1.165) is 24.8 Å². The van der Waals surface area contributed by atoms with Crippen molar-refractivity contribution >= 4 is 15.8 Å². The fourth-order valence-corrected chi connectivity index (χ4v) is 4.21. The lowest BCUT2D eigenvalue weighted by atomic mass is 9.88. The Labute approximate surface area is 121 Å². The van der Waals surface area contributed by atoms with Crippen molar-refractivity contribution in [2.24, 2.45) is 17.7 Å². The Morgan fingerprint density at radius 1 is 1.30 bits per heavy atom. The summed E-state index contributed by atoms with van der Waals surface area (Å²) in [4.78, 5) is 12.3. The first kappa shape index (κ1) is 12.5. The second-order valence-electron chi connectivity index (χ2n) is 5.73. The van der Waals surface area contributed by atoms with E-state index in [-0.39, 0.29) is 29.1 Å². The first-order chi connectivity index (χ1) is 9.83. The van der Waals surface area contributed by atoms with E-state index < -0.39 is 15.9 Å². The number of benzene rings is 1. The first-order valence-corrected chi connectivity index (χ1v) is 8.42. The number of fused-ring (bicyclic) bond motifs is 2. The Morgan fingerprint density at radius 2 is 2.00 bits per heavy atom. The maximum Gasteiger partial charge on any atom is 0.240 e. The van der Waals surface area contributed by atoms with Crippen LogP contribution in [0, 0.1) is 24.7 Å². The Bertz CT molecular complexity index is 671. The molecule has 108 valence electrons. The molecule has 2 bridgehead atoms. The summed E-state index contributed by atoms with van der Waals surface area (Å²) in [5, 5.41) is 0. The maximum atomic E-state index is 12.2. The minimum Gasteiger partial charge on any atom is -0.299 e. The summed E-state index contributed by atoms with van der Waals surface area (Å²) in [6.45, 7) is 1.76. The number of sulfonamides is 1. The number of nitrogens with one attached hydrogen (secondary N) is 1. The average Bonchev–Trinajstić information content (AvgIpc) is 3.01. The van der Waals surface area contributed by atoms with E-state index in [9.17, 15) is 13.2 Å². The van der Waals surface area contributed by atoms with Gasteiger partial charge < -0.3 is 0 Å². The molecule has 2 aliphatic rings. The molecule has 1 aromatic carbocycles. The molecule has 0 spiro atoms. The second kappa shape index (κ2) is 4.97. The van der Waals surface area contributed by atoms with Crippen LogP contribution in [0.4, 0.5) is 0 Å². The predicted octanol–water partition coefficient (Wildman–Crippen LogP) is 1.89. The third kappa shape index (κ3) is 2.40. The summed E-state index contributed by atoms with van der Waals surface area (Å²) in [6, 6.07) is 6.54. The minimum atomic E-state index is -3.67. The van der Waals surface area contributed by atoms with Gasteiger partial charge in [0.05, 0.1) is 4.90 Å². The van der Waals surface area contributed by atoms with Gasteiger partial charge in [0, 0.05) is 19.7 Å². The van der Waals surface area contributed by atoms with Crippen LogP contribution in [0.25, 0.3) is 0 Å². The molecule has 0 saturated heterocycles. The summed E-state index contributed by atoms with van der Waals surface area (Å²) in [7, 11) is -3.67. The van der Waals surface area contributed by atoms with Gasteiger partial charge in [0.25, 0.3) is 0 Å². The van der Waals surface area contributed by atoms with Gasteiger partial charge in [-0.25, -0.2) is 13.1 Å². The molecule has 2 saturated carbocycles. The topological polar surface area (TPSA) is 63.2 Å². The number of hydrogen-bond donors (Lipinski definition) is 1. The number of hydrogen-bond acceptors (Lipinski definition) is 3. The van der Waals surface area contributed by atoms with Crippen molar-refractivity contribution in [2.45, 2.75) is 31.1 Å². The molecule has 20 heavy (non-hydrogen) atoms. The Morgan fingerprint density at radius 3 is 2.60 bits per heavy atom. The van der Waals surface area contributed by atoms with E-state index in [1.807, 2.05) is 6.92 Å². The van der Waals surface area contributed by atoms with E-state index in [1.165, 1.54) is 12.1 Å². The van der Waals surface area contributed by atoms with Crippen molar-refractivity contribution < 1.29 is 14.6 Å². The Hall–Kier alpha value is -1.20. The van der Waals surface area contributed by atoms with E-state index in [0.29, 0.717) is 0 Å². The predicted molar refractivity (Wildman–Crippen MR) is 75.7 cm³/mol. The van der Waals surface area contributed by atoms with Crippen molar-refractivity contribution in [2.75, 3.05) is 6.54 Å². The molecule has 0 heterocycles. The van der Waals surface area contributed by atoms with Crippen LogP contribution in [-0.4, -0.2) is 20.7 Å². The largest absolute Gasteiger partial charge is 0.299 e. The fourth-order valence-electron chi connectivity index (χ4n) is 3.20. The third-order valence-corrected chi connectivity index (χ3v) is 5.81. The van der Waals surface area contributed by atoms with Gasteiger partial charge in [-0.15, -0.1) is 0 Å². The van der Waals surface area contributed by atoms with E-state index in [1.54, 1.807) is 12.1 Å². The first-order valence-electron chi connectivity index (χ1n) is 7.43. The molecule has 0 amide bonds. The van der Waals surface area contributed by atoms with Gasteiger partial charge in [-0.2, -0.15) is 0 Å². The quantitative estimate of drug-likeness (QED) is 0.922. The standard InChI is InChI=1S/C15H19NO3S/c1-10-2-6-13(7-3-10)20(18,19)16-9-14-11-4-5-12(8-11)15(14)17/h2-3,6-7,11-12,14,16H,4-5,8-9H2,1H3/i14D. The zero-order chi connectivity index (χ0) is 15.3. The Balaban J connectivity index is 1.75. The van der Waals surface area contributed by atoms with Gasteiger partial charge in [0.2, 0.25) is 10.0 Å². The number of rotatable bonds is 4. The molecule has 2 aliphatic carbocycles. The number of ketones is 1. The van der Waals surface area contributed by atoms with Crippen LogP contribution in [0.15, 0.2) is 29.2 Å². The van der Waals surface area contributed by atoms with Gasteiger partial charge in [0.15, 0.2) is 0 Å². The van der Waals surface area contributed by atoms with Crippen molar-refractivity contribution in [1.82, 2.24) is 4.72 Å². The lowest BCUT2D eigenvalue weighted by Crippen LogP contribution is -2.35. The molecule has 1 N–H and O–H groups in total. The number of carbonyl (C=O) groups is 1. The molecule has 3 unspecified atom stereocenters. The molecule has 0 radical (unpaired) electrons. The lowest BCUT2D eigenvalue weighted by molar-refractivity contribution is -0.125. The number of Topliss-reactive ketones (excluding diaryl/α,β-unsaturated/α-hetero) is 1.